The van der Waals surface area contributed by atoms with Gasteiger partial charge in [-0.1, -0.05) is 11.8 Å². The molecule has 3 heterocycles. The van der Waals surface area contributed by atoms with Gasteiger partial charge in [-0.15, -0.1) is 10.2 Å². The third-order valence-electron chi connectivity index (χ3n) is 3.44. The predicted molar refractivity (Wildman–Crippen MR) is 76.9 cm³/mol. The average Bonchev–Trinajstić information content (AvgIpc) is 3.04. The molecule has 0 radical (unpaired) electrons. The van der Waals surface area contributed by atoms with Crippen molar-refractivity contribution in [3.63, 3.8) is 0 Å². The van der Waals surface area contributed by atoms with Crippen LogP contribution in [0.25, 0.3) is 11.4 Å². The van der Waals surface area contributed by atoms with Crippen LogP contribution in [0, 0.1) is 6.92 Å². The lowest BCUT2D eigenvalue weighted by Gasteiger charge is -2.21. The Morgan fingerprint density at radius 2 is 2.35 bits per heavy atom. The van der Waals surface area contributed by atoms with Crippen molar-refractivity contribution in [2.75, 3.05) is 18.2 Å². The average molecular weight is 294 g/mol. The van der Waals surface area contributed by atoms with E-state index in [1.807, 2.05) is 13.0 Å². The minimum absolute atomic E-state index is 0.296. The molecule has 0 aromatic carbocycles. The molecule has 108 valence electrons. The van der Waals surface area contributed by atoms with Gasteiger partial charge < -0.3 is 15.0 Å². The fraction of sp³-hybridized carbons (Fsp3) is 0.538. The Labute approximate surface area is 121 Å². The van der Waals surface area contributed by atoms with E-state index in [-0.39, 0.29) is 0 Å². The van der Waals surface area contributed by atoms with E-state index >= 15 is 0 Å². The van der Waals surface area contributed by atoms with Crippen LogP contribution >= 0.6 is 11.8 Å². The van der Waals surface area contributed by atoms with Gasteiger partial charge in [-0.25, -0.2) is 4.68 Å². The predicted octanol–water partition coefficient (Wildman–Crippen LogP) is 2.22. The molecule has 2 aromatic rings. The summed E-state index contributed by atoms with van der Waals surface area (Å²) in [6.45, 7) is 2.74. The molecule has 20 heavy (non-hydrogen) atoms. The molecule has 0 aliphatic carbocycles. The van der Waals surface area contributed by atoms with Crippen molar-refractivity contribution in [2.45, 2.75) is 37.4 Å². The van der Waals surface area contributed by atoms with Gasteiger partial charge in [0.25, 0.3) is 0 Å². The third kappa shape index (κ3) is 2.69. The SMILES string of the molecule is Cc1occc1-c1nnc(SCC2CCCCO2)n1N. The van der Waals surface area contributed by atoms with Gasteiger partial charge in [0.2, 0.25) is 5.16 Å². The Bertz CT molecular complexity index is 575. The largest absolute Gasteiger partial charge is 0.469 e. The number of aryl methyl sites for hydroxylation is 1. The summed E-state index contributed by atoms with van der Waals surface area (Å²) in [5, 5.41) is 9.00. The first-order valence-corrected chi connectivity index (χ1v) is 7.73. The highest BCUT2D eigenvalue weighted by Gasteiger charge is 2.18. The Balaban J connectivity index is 1.69. The summed E-state index contributed by atoms with van der Waals surface area (Å²) in [4.78, 5) is 0. The van der Waals surface area contributed by atoms with Crippen molar-refractivity contribution in [2.24, 2.45) is 0 Å². The Kier molecular flexibility index (Phi) is 3.98. The third-order valence-corrected chi connectivity index (χ3v) is 4.51. The summed E-state index contributed by atoms with van der Waals surface area (Å²) >= 11 is 1.59. The normalized spacial score (nSPS) is 19.4. The van der Waals surface area contributed by atoms with Crippen molar-refractivity contribution >= 4 is 11.8 Å². The van der Waals surface area contributed by atoms with E-state index in [4.69, 9.17) is 15.0 Å². The van der Waals surface area contributed by atoms with Crippen LogP contribution in [0.5, 0.6) is 0 Å². The molecular formula is C13H18N4O2S. The fourth-order valence-corrected chi connectivity index (χ4v) is 3.20. The number of aromatic nitrogens is 3. The van der Waals surface area contributed by atoms with Crippen molar-refractivity contribution in [1.29, 1.82) is 0 Å². The lowest BCUT2D eigenvalue weighted by Crippen LogP contribution is -2.22. The van der Waals surface area contributed by atoms with Crippen LogP contribution in [0.1, 0.15) is 25.0 Å². The molecule has 0 saturated carbocycles. The first kappa shape index (κ1) is 13.5. The van der Waals surface area contributed by atoms with Crippen LogP contribution in [0.3, 0.4) is 0 Å². The van der Waals surface area contributed by atoms with E-state index < -0.39 is 0 Å². The fourth-order valence-electron chi connectivity index (χ4n) is 2.28. The number of thioether (sulfide) groups is 1. The zero-order chi connectivity index (χ0) is 13.9. The molecule has 1 aliphatic heterocycles. The Morgan fingerprint density at radius 1 is 1.45 bits per heavy atom. The monoisotopic (exact) mass is 294 g/mol. The summed E-state index contributed by atoms with van der Waals surface area (Å²) in [6.07, 6.45) is 5.43. The molecule has 1 fully saturated rings. The number of nitrogens with two attached hydrogens (primary N) is 1. The molecule has 1 atom stereocenters. The molecule has 1 unspecified atom stereocenters. The Hall–Kier alpha value is -1.47. The lowest BCUT2D eigenvalue weighted by molar-refractivity contribution is 0.0315. The molecule has 0 bridgehead atoms. The standard InChI is InChI=1S/C13H18N4O2S/c1-9-11(5-7-18-9)12-15-16-13(17(12)14)20-8-10-4-2-3-6-19-10/h5,7,10H,2-4,6,8,14H2,1H3. The van der Waals surface area contributed by atoms with Crippen LogP contribution in [-0.2, 0) is 4.74 Å². The zero-order valence-corrected chi connectivity index (χ0v) is 12.2. The second-order valence-electron chi connectivity index (χ2n) is 4.87. The summed E-state index contributed by atoms with van der Waals surface area (Å²) < 4.78 is 12.5. The summed E-state index contributed by atoms with van der Waals surface area (Å²) in [7, 11) is 0. The van der Waals surface area contributed by atoms with Crippen molar-refractivity contribution in [3.8, 4) is 11.4 Å². The van der Waals surface area contributed by atoms with Gasteiger partial charge in [-0.2, -0.15) is 0 Å². The minimum Gasteiger partial charge on any atom is -0.469 e. The highest BCUT2D eigenvalue weighted by molar-refractivity contribution is 7.99. The van der Waals surface area contributed by atoms with Gasteiger partial charge in [-0.3, -0.25) is 0 Å². The van der Waals surface area contributed by atoms with Crippen molar-refractivity contribution in [1.82, 2.24) is 14.9 Å². The van der Waals surface area contributed by atoms with E-state index in [2.05, 4.69) is 10.2 Å². The summed E-state index contributed by atoms with van der Waals surface area (Å²) in [6, 6.07) is 1.85. The molecule has 7 heteroatoms. The number of rotatable bonds is 4. The number of nitrogens with zero attached hydrogens (tertiary/aromatic N) is 3. The highest BCUT2D eigenvalue weighted by atomic mass is 32.2. The van der Waals surface area contributed by atoms with E-state index in [1.165, 1.54) is 11.1 Å². The second-order valence-corrected chi connectivity index (χ2v) is 5.85. The smallest absolute Gasteiger partial charge is 0.210 e. The molecular weight excluding hydrogens is 276 g/mol. The first-order chi connectivity index (χ1) is 9.75. The maximum atomic E-state index is 6.07. The topological polar surface area (TPSA) is 79.1 Å². The maximum absolute atomic E-state index is 6.07. The maximum Gasteiger partial charge on any atom is 0.210 e. The van der Waals surface area contributed by atoms with Gasteiger partial charge in [0.15, 0.2) is 5.82 Å². The number of ether oxygens (including phenoxy) is 1. The van der Waals surface area contributed by atoms with E-state index in [9.17, 15) is 0 Å². The van der Waals surface area contributed by atoms with Crippen LogP contribution in [0.4, 0.5) is 0 Å². The van der Waals surface area contributed by atoms with Gasteiger partial charge >= 0.3 is 0 Å². The van der Waals surface area contributed by atoms with Crippen LogP contribution in [0.15, 0.2) is 21.9 Å². The number of hydrogen-bond acceptors (Lipinski definition) is 6. The summed E-state index contributed by atoms with van der Waals surface area (Å²) in [5.74, 6) is 8.34. The molecule has 2 aromatic heterocycles. The van der Waals surface area contributed by atoms with Crippen LogP contribution in [-0.4, -0.2) is 33.3 Å². The number of furan rings is 1. The van der Waals surface area contributed by atoms with Gasteiger partial charge in [-0.05, 0) is 32.3 Å². The lowest BCUT2D eigenvalue weighted by atomic mass is 10.1. The van der Waals surface area contributed by atoms with Crippen LogP contribution < -0.4 is 5.84 Å². The first-order valence-electron chi connectivity index (χ1n) is 6.75. The Morgan fingerprint density at radius 3 is 3.05 bits per heavy atom. The minimum atomic E-state index is 0.296. The molecule has 1 saturated heterocycles. The van der Waals surface area contributed by atoms with Crippen LogP contribution in [0.2, 0.25) is 0 Å². The quantitative estimate of drug-likeness (QED) is 0.688. The van der Waals surface area contributed by atoms with E-state index in [0.717, 1.165) is 36.5 Å². The number of nitrogen functional groups attached to an aromatic ring is 1. The summed E-state index contributed by atoms with van der Waals surface area (Å²) in [5.41, 5.74) is 0.876. The highest BCUT2D eigenvalue weighted by Crippen LogP contribution is 2.26. The molecule has 2 N–H and O–H groups in total. The molecule has 1 aliphatic rings. The molecule has 3 rings (SSSR count). The van der Waals surface area contributed by atoms with E-state index in [0.29, 0.717) is 17.1 Å². The van der Waals surface area contributed by atoms with Crippen molar-refractivity contribution < 1.29 is 9.15 Å². The van der Waals surface area contributed by atoms with E-state index in [1.54, 1.807) is 18.0 Å². The zero-order valence-electron chi connectivity index (χ0n) is 11.4. The van der Waals surface area contributed by atoms with Gasteiger partial charge in [0, 0.05) is 12.4 Å². The molecule has 0 spiro atoms. The second kappa shape index (κ2) is 5.88. The van der Waals surface area contributed by atoms with Crippen molar-refractivity contribution in [3.05, 3.63) is 18.1 Å². The molecule has 6 nitrogen and oxygen atoms in total. The van der Waals surface area contributed by atoms with Gasteiger partial charge in [0.1, 0.15) is 5.76 Å². The number of hydrogen-bond donors (Lipinski definition) is 1. The van der Waals surface area contributed by atoms with Gasteiger partial charge in [0.05, 0.1) is 17.9 Å². The molecule has 0 amide bonds.